The topological polar surface area (TPSA) is 32.3 Å². The molecule has 0 bridgehead atoms. The molecule has 0 saturated heterocycles. The van der Waals surface area contributed by atoms with E-state index in [0.29, 0.717) is 6.04 Å². The lowest BCUT2D eigenvalue weighted by Gasteiger charge is -2.41. The normalized spacial score (nSPS) is 33.8. The summed E-state index contributed by atoms with van der Waals surface area (Å²) in [6, 6.07) is 0.679. The second-order valence-electron chi connectivity index (χ2n) is 6.34. The Morgan fingerprint density at radius 3 is 2.38 bits per heavy atom. The Kier molecular flexibility index (Phi) is 3.91. The van der Waals surface area contributed by atoms with Crippen LogP contribution in [0.1, 0.15) is 58.8 Å². The highest BCUT2D eigenvalue weighted by atomic mass is 16.3. The van der Waals surface area contributed by atoms with Crippen molar-refractivity contribution in [3.05, 3.63) is 0 Å². The van der Waals surface area contributed by atoms with E-state index in [0.717, 1.165) is 31.2 Å². The third kappa shape index (κ3) is 2.98. The molecule has 16 heavy (non-hydrogen) atoms. The molecule has 0 heterocycles. The van der Waals surface area contributed by atoms with Crippen molar-refractivity contribution in [1.29, 1.82) is 0 Å². The SMILES string of the molecule is CC(C)C1CC(NCC2(O)CCCCC2)C1. The van der Waals surface area contributed by atoms with Crippen LogP contribution >= 0.6 is 0 Å². The molecular formula is C14H27NO. The Labute approximate surface area is 99.8 Å². The molecule has 2 saturated carbocycles. The summed E-state index contributed by atoms with van der Waals surface area (Å²) in [5.74, 6) is 1.74. The van der Waals surface area contributed by atoms with Gasteiger partial charge in [-0.1, -0.05) is 33.1 Å². The second kappa shape index (κ2) is 5.05. The summed E-state index contributed by atoms with van der Waals surface area (Å²) >= 11 is 0. The van der Waals surface area contributed by atoms with E-state index >= 15 is 0 Å². The fraction of sp³-hybridized carbons (Fsp3) is 1.00. The van der Waals surface area contributed by atoms with E-state index in [2.05, 4.69) is 19.2 Å². The molecule has 0 radical (unpaired) electrons. The maximum Gasteiger partial charge on any atom is 0.0771 e. The van der Waals surface area contributed by atoms with Gasteiger partial charge in [-0.05, 0) is 37.5 Å². The number of hydrogen-bond acceptors (Lipinski definition) is 2. The van der Waals surface area contributed by atoms with E-state index in [9.17, 15) is 5.11 Å². The van der Waals surface area contributed by atoms with Gasteiger partial charge in [0.25, 0.3) is 0 Å². The van der Waals surface area contributed by atoms with Crippen molar-refractivity contribution in [2.45, 2.75) is 70.4 Å². The van der Waals surface area contributed by atoms with Gasteiger partial charge in [0.1, 0.15) is 0 Å². The van der Waals surface area contributed by atoms with E-state index < -0.39 is 0 Å². The first-order valence-electron chi connectivity index (χ1n) is 7.05. The van der Waals surface area contributed by atoms with E-state index in [-0.39, 0.29) is 5.60 Å². The highest BCUT2D eigenvalue weighted by molar-refractivity contribution is 4.91. The highest BCUT2D eigenvalue weighted by Gasteiger charge is 2.34. The van der Waals surface area contributed by atoms with Gasteiger partial charge < -0.3 is 10.4 Å². The average molecular weight is 225 g/mol. The predicted molar refractivity (Wildman–Crippen MR) is 67.4 cm³/mol. The first-order chi connectivity index (χ1) is 7.59. The van der Waals surface area contributed by atoms with Gasteiger partial charge >= 0.3 is 0 Å². The minimum absolute atomic E-state index is 0.388. The minimum Gasteiger partial charge on any atom is -0.389 e. The second-order valence-corrected chi connectivity index (χ2v) is 6.34. The number of aliphatic hydroxyl groups is 1. The molecule has 0 aromatic carbocycles. The van der Waals surface area contributed by atoms with Crippen LogP contribution in [0.4, 0.5) is 0 Å². The molecule has 0 unspecified atom stereocenters. The van der Waals surface area contributed by atoms with Gasteiger partial charge in [0.15, 0.2) is 0 Å². The van der Waals surface area contributed by atoms with Crippen LogP contribution in [0.5, 0.6) is 0 Å². The van der Waals surface area contributed by atoms with Crippen molar-refractivity contribution in [2.24, 2.45) is 11.8 Å². The number of hydrogen-bond donors (Lipinski definition) is 2. The molecule has 0 aromatic rings. The van der Waals surface area contributed by atoms with Crippen LogP contribution in [0, 0.1) is 11.8 Å². The molecule has 0 aromatic heterocycles. The Bertz CT molecular complexity index is 215. The van der Waals surface area contributed by atoms with Crippen LogP contribution in [0.2, 0.25) is 0 Å². The average Bonchev–Trinajstić information content (AvgIpc) is 2.15. The highest BCUT2D eigenvalue weighted by Crippen LogP contribution is 2.34. The molecule has 2 aliphatic rings. The van der Waals surface area contributed by atoms with Gasteiger partial charge in [-0.2, -0.15) is 0 Å². The molecule has 0 spiro atoms. The number of nitrogens with one attached hydrogen (secondary N) is 1. The molecule has 2 heteroatoms. The number of rotatable bonds is 4. The monoisotopic (exact) mass is 225 g/mol. The van der Waals surface area contributed by atoms with Crippen LogP contribution in [-0.2, 0) is 0 Å². The van der Waals surface area contributed by atoms with E-state index in [1.165, 1.54) is 32.1 Å². The molecule has 2 rings (SSSR count). The van der Waals surface area contributed by atoms with Gasteiger partial charge in [0.05, 0.1) is 5.60 Å². The van der Waals surface area contributed by atoms with Crippen molar-refractivity contribution in [1.82, 2.24) is 5.32 Å². The maximum absolute atomic E-state index is 10.4. The van der Waals surface area contributed by atoms with Gasteiger partial charge in [-0.25, -0.2) is 0 Å². The Hall–Kier alpha value is -0.0800. The quantitative estimate of drug-likeness (QED) is 0.771. The predicted octanol–water partition coefficient (Wildman–Crippen LogP) is 2.71. The molecule has 0 aliphatic heterocycles. The van der Waals surface area contributed by atoms with Crippen LogP contribution < -0.4 is 5.32 Å². The summed E-state index contributed by atoms with van der Waals surface area (Å²) in [5, 5.41) is 13.9. The first-order valence-corrected chi connectivity index (χ1v) is 7.05. The maximum atomic E-state index is 10.4. The summed E-state index contributed by atoms with van der Waals surface area (Å²) in [4.78, 5) is 0. The van der Waals surface area contributed by atoms with Gasteiger partial charge in [0.2, 0.25) is 0 Å². The van der Waals surface area contributed by atoms with Crippen LogP contribution in [-0.4, -0.2) is 23.3 Å². The summed E-state index contributed by atoms with van der Waals surface area (Å²) < 4.78 is 0. The Morgan fingerprint density at radius 2 is 1.81 bits per heavy atom. The third-order valence-electron chi connectivity index (χ3n) is 4.62. The summed E-state index contributed by atoms with van der Waals surface area (Å²) in [6.45, 7) is 5.45. The molecular weight excluding hydrogens is 198 g/mol. The first kappa shape index (κ1) is 12.4. The Morgan fingerprint density at radius 1 is 1.19 bits per heavy atom. The van der Waals surface area contributed by atoms with Crippen molar-refractivity contribution in [2.75, 3.05) is 6.54 Å². The molecule has 2 nitrogen and oxygen atoms in total. The van der Waals surface area contributed by atoms with Crippen molar-refractivity contribution >= 4 is 0 Å². The lowest BCUT2D eigenvalue weighted by molar-refractivity contribution is -0.00300. The third-order valence-corrected chi connectivity index (χ3v) is 4.62. The van der Waals surface area contributed by atoms with Crippen molar-refractivity contribution in [3.63, 3.8) is 0 Å². The van der Waals surface area contributed by atoms with E-state index in [1.807, 2.05) is 0 Å². The molecule has 2 fully saturated rings. The molecule has 2 aliphatic carbocycles. The van der Waals surface area contributed by atoms with Gasteiger partial charge in [-0.3, -0.25) is 0 Å². The van der Waals surface area contributed by atoms with Crippen molar-refractivity contribution in [3.8, 4) is 0 Å². The minimum atomic E-state index is -0.388. The van der Waals surface area contributed by atoms with Gasteiger partial charge in [0, 0.05) is 12.6 Å². The Balaban J connectivity index is 1.65. The standard InChI is InChI=1S/C14H27NO/c1-11(2)12-8-13(9-12)15-10-14(16)6-4-3-5-7-14/h11-13,15-16H,3-10H2,1-2H3. The smallest absolute Gasteiger partial charge is 0.0771 e. The molecule has 0 atom stereocenters. The zero-order valence-corrected chi connectivity index (χ0v) is 10.8. The fourth-order valence-electron chi connectivity index (χ4n) is 3.09. The van der Waals surface area contributed by atoms with E-state index in [4.69, 9.17) is 0 Å². The summed E-state index contributed by atoms with van der Waals surface area (Å²) in [7, 11) is 0. The molecule has 94 valence electrons. The largest absolute Gasteiger partial charge is 0.389 e. The zero-order chi connectivity index (χ0) is 11.6. The summed E-state index contributed by atoms with van der Waals surface area (Å²) in [6.07, 6.45) is 8.35. The molecule has 2 N–H and O–H groups in total. The lowest BCUT2D eigenvalue weighted by atomic mass is 9.73. The van der Waals surface area contributed by atoms with Crippen LogP contribution in [0.25, 0.3) is 0 Å². The molecule has 0 amide bonds. The zero-order valence-electron chi connectivity index (χ0n) is 10.8. The van der Waals surface area contributed by atoms with Gasteiger partial charge in [-0.15, -0.1) is 0 Å². The van der Waals surface area contributed by atoms with E-state index in [1.54, 1.807) is 0 Å². The van der Waals surface area contributed by atoms with Crippen LogP contribution in [0.3, 0.4) is 0 Å². The fourth-order valence-corrected chi connectivity index (χ4v) is 3.09. The van der Waals surface area contributed by atoms with Crippen LogP contribution in [0.15, 0.2) is 0 Å². The lowest BCUT2D eigenvalue weighted by Crippen LogP contribution is -2.50. The summed E-state index contributed by atoms with van der Waals surface area (Å²) in [5.41, 5.74) is -0.388. The van der Waals surface area contributed by atoms with Crippen molar-refractivity contribution < 1.29 is 5.11 Å².